The second-order valence-corrected chi connectivity index (χ2v) is 4.86. The zero-order valence-corrected chi connectivity index (χ0v) is 11.8. The normalized spacial score (nSPS) is 10.1. The number of benzene rings is 2. The number of ether oxygens (including phenoxy) is 1. The first-order valence-corrected chi connectivity index (χ1v) is 6.65. The quantitative estimate of drug-likeness (QED) is 0.906. The van der Waals surface area contributed by atoms with E-state index in [1.165, 1.54) is 11.1 Å². The Kier molecular flexibility index (Phi) is 4.77. The van der Waals surface area contributed by atoms with Crippen LogP contribution < -0.4 is 10.1 Å². The number of hydrogen-bond donors (Lipinski definition) is 1. The topological polar surface area (TPSA) is 38.3 Å². The van der Waals surface area contributed by atoms with E-state index in [9.17, 15) is 4.79 Å². The molecule has 0 fully saturated rings. The van der Waals surface area contributed by atoms with E-state index >= 15 is 0 Å². The minimum atomic E-state index is -0.119. The summed E-state index contributed by atoms with van der Waals surface area (Å²) in [6.07, 6.45) is 0. The molecule has 0 aliphatic heterocycles. The Balaban J connectivity index is 1.75. The van der Waals surface area contributed by atoms with Gasteiger partial charge in [0.1, 0.15) is 5.75 Å². The van der Waals surface area contributed by atoms with Crippen molar-refractivity contribution in [2.45, 2.75) is 20.4 Å². The average Bonchev–Trinajstić information content (AvgIpc) is 2.46. The van der Waals surface area contributed by atoms with Gasteiger partial charge in [0.2, 0.25) is 0 Å². The summed E-state index contributed by atoms with van der Waals surface area (Å²) < 4.78 is 5.42. The number of aryl methyl sites for hydroxylation is 2. The molecule has 0 spiro atoms. The average molecular weight is 269 g/mol. The summed E-state index contributed by atoms with van der Waals surface area (Å²) in [6.45, 7) is 4.61. The lowest BCUT2D eigenvalue weighted by atomic mass is 10.1. The van der Waals surface area contributed by atoms with Crippen LogP contribution in [0.25, 0.3) is 0 Å². The molecule has 1 N–H and O–H groups in total. The zero-order chi connectivity index (χ0) is 14.4. The number of amides is 1. The first kappa shape index (κ1) is 14.1. The van der Waals surface area contributed by atoms with E-state index < -0.39 is 0 Å². The van der Waals surface area contributed by atoms with Gasteiger partial charge >= 0.3 is 0 Å². The van der Waals surface area contributed by atoms with Crippen LogP contribution in [0.3, 0.4) is 0 Å². The van der Waals surface area contributed by atoms with E-state index in [1.54, 1.807) is 0 Å². The first-order chi connectivity index (χ1) is 9.63. The van der Waals surface area contributed by atoms with E-state index in [0.29, 0.717) is 12.3 Å². The van der Waals surface area contributed by atoms with Crippen LogP contribution in [0.1, 0.15) is 16.7 Å². The molecule has 0 atom stereocenters. The van der Waals surface area contributed by atoms with Crippen LogP contribution >= 0.6 is 0 Å². The Bertz CT molecular complexity index is 507. The molecule has 0 bridgehead atoms. The molecule has 0 heterocycles. The molecule has 2 aromatic carbocycles. The molecular weight excluding hydrogens is 250 g/mol. The van der Waals surface area contributed by atoms with Gasteiger partial charge in [0.25, 0.3) is 5.91 Å². The van der Waals surface area contributed by atoms with Crippen molar-refractivity contribution in [1.82, 2.24) is 5.32 Å². The summed E-state index contributed by atoms with van der Waals surface area (Å²) in [7, 11) is 0. The molecule has 1 amide bonds. The Morgan fingerprint density at radius 1 is 0.950 bits per heavy atom. The van der Waals surface area contributed by atoms with E-state index in [0.717, 1.165) is 5.56 Å². The molecule has 0 aliphatic carbocycles. The fraction of sp³-hybridized carbons (Fsp3) is 0.235. The summed E-state index contributed by atoms with van der Waals surface area (Å²) in [5.41, 5.74) is 3.46. The fourth-order valence-electron chi connectivity index (χ4n) is 1.74. The predicted octanol–water partition coefficient (Wildman–Crippen LogP) is 3.00. The van der Waals surface area contributed by atoms with Crippen molar-refractivity contribution in [3.05, 3.63) is 65.2 Å². The summed E-state index contributed by atoms with van der Waals surface area (Å²) in [4.78, 5) is 11.7. The number of nitrogens with one attached hydrogen (secondary N) is 1. The van der Waals surface area contributed by atoms with Crippen LogP contribution in [0.5, 0.6) is 5.75 Å². The van der Waals surface area contributed by atoms with E-state index in [1.807, 2.05) is 62.4 Å². The molecule has 3 heteroatoms. The van der Waals surface area contributed by atoms with Crippen molar-refractivity contribution in [3.8, 4) is 5.75 Å². The van der Waals surface area contributed by atoms with Crippen molar-refractivity contribution >= 4 is 5.91 Å². The Labute approximate surface area is 119 Å². The number of carbonyl (C=O) groups excluding carboxylic acids is 1. The lowest BCUT2D eigenvalue weighted by molar-refractivity contribution is -0.123. The minimum absolute atomic E-state index is 0.0366. The molecule has 0 aliphatic rings. The maximum Gasteiger partial charge on any atom is 0.258 e. The van der Waals surface area contributed by atoms with Crippen molar-refractivity contribution in [3.63, 3.8) is 0 Å². The summed E-state index contributed by atoms with van der Waals surface area (Å²) in [5, 5.41) is 2.84. The van der Waals surface area contributed by atoms with Crippen LogP contribution in [0.2, 0.25) is 0 Å². The van der Waals surface area contributed by atoms with Crippen molar-refractivity contribution < 1.29 is 9.53 Å². The summed E-state index contributed by atoms with van der Waals surface area (Å²) in [6, 6.07) is 15.7. The highest BCUT2D eigenvalue weighted by Gasteiger charge is 2.02. The molecule has 0 aromatic heterocycles. The second-order valence-electron chi connectivity index (χ2n) is 4.86. The summed E-state index contributed by atoms with van der Waals surface area (Å²) >= 11 is 0. The van der Waals surface area contributed by atoms with E-state index in [2.05, 4.69) is 5.32 Å². The highest BCUT2D eigenvalue weighted by Crippen LogP contribution is 2.11. The molecule has 0 saturated carbocycles. The maximum atomic E-state index is 11.7. The molecule has 2 rings (SSSR count). The Morgan fingerprint density at radius 3 is 2.10 bits per heavy atom. The van der Waals surface area contributed by atoms with Gasteiger partial charge in [-0.15, -0.1) is 0 Å². The third-order valence-corrected chi connectivity index (χ3v) is 3.00. The lowest BCUT2D eigenvalue weighted by Gasteiger charge is -2.08. The largest absolute Gasteiger partial charge is 0.484 e. The van der Waals surface area contributed by atoms with Gasteiger partial charge < -0.3 is 10.1 Å². The number of hydrogen-bond acceptors (Lipinski definition) is 2. The standard InChI is InChI=1S/C17H19NO2/c1-13-3-7-15(8-4-13)11-18-17(19)12-20-16-9-5-14(2)6-10-16/h3-10H,11-12H2,1-2H3,(H,18,19). The predicted molar refractivity (Wildman–Crippen MR) is 79.7 cm³/mol. The Hall–Kier alpha value is -2.29. The van der Waals surface area contributed by atoms with Crippen molar-refractivity contribution in [2.75, 3.05) is 6.61 Å². The highest BCUT2D eigenvalue weighted by molar-refractivity contribution is 5.77. The smallest absolute Gasteiger partial charge is 0.258 e. The Morgan fingerprint density at radius 2 is 1.50 bits per heavy atom. The molecule has 2 aromatic rings. The number of carbonyl (C=O) groups is 1. The molecular formula is C17H19NO2. The molecule has 0 saturated heterocycles. The van der Waals surface area contributed by atoms with E-state index in [-0.39, 0.29) is 12.5 Å². The van der Waals surface area contributed by atoms with Gasteiger partial charge in [-0.3, -0.25) is 4.79 Å². The highest BCUT2D eigenvalue weighted by atomic mass is 16.5. The van der Waals surface area contributed by atoms with E-state index in [4.69, 9.17) is 4.74 Å². The molecule has 3 nitrogen and oxygen atoms in total. The van der Waals surface area contributed by atoms with Gasteiger partial charge in [-0.1, -0.05) is 47.5 Å². The van der Waals surface area contributed by atoms with Gasteiger partial charge in [0.05, 0.1) is 0 Å². The first-order valence-electron chi connectivity index (χ1n) is 6.65. The number of rotatable bonds is 5. The SMILES string of the molecule is Cc1ccc(CNC(=O)COc2ccc(C)cc2)cc1. The lowest BCUT2D eigenvalue weighted by Crippen LogP contribution is -2.28. The van der Waals surface area contributed by atoms with Crippen molar-refractivity contribution in [2.24, 2.45) is 0 Å². The van der Waals surface area contributed by atoms with Gasteiger partial charge in [-0.2, -0.15) is 0 Å². The molecule has 0 unspecified atom stereocenters. The van der Waals surface area contributed by atoms with Crippen molar-refractivity contribution in [1.29, 1.82) is 0 Å². The van der Waals surface area contributed by atoms with Gasteiger partial charge in [0.15, 0.2) is 6.61 Å². The monoisotopic (exact) mass is 269 g/mol. The van der Waals surface area contributed by atoms with Crippen LogP contribution in [0.15, 0.2) is 48.5 Å². The summed E-state index contributed by atoms with van der Waals surface area (Å²) in [5.74, 6) is 0.590. The maximum absolute atomic E-state index is 11.7. The fourth-order valence-corrected chi connectivity index (χ4v) is 1.74. The third-order valence-electron chi connectivity index (χ3n) is 3.00. The van der Waals surface area contributed by atoms with Gasteiger partial charge in [-0.25, -0.2) is 0 Å². The molecule has 0 radical (unpaired) electrons. The van der Waals surface area contributed by atoms with Gasteiger partial charge in [-0.05, 0) is 31.5 Å². The minimum Gasteiger partial charge on any atom is -0.484 e. The third kappa shape index (κ3) is 4.43. The van der Waals surface area contributed by atoms with Crippen LogP contribution in [-0.4, -0.2) is 12.5 Å². The zero-order valence-electron chi connectivity index (χ0n) is 11.8. The van der Waals surface area contributed by atoms with Crippen LogP contribution in [-0.2, 0) is 11.3 Å². The van der Waals surface area contributed by atoms with Gasteiger partial charge in [0, 0.05) is 6.54 Å². The molecule has 20 heavy (non-hydrogen) atoms. The molecule has 104 valence electrons. The second kappa shape index (κ2) is 6.75. The van der Waals surface area contributed by atoms with Crippen LogP contribution in [0, 0.1) is 13.8 Å². The van der Waals surface area contributed by atoms with Crippen LogP contribution in [0.4, 0.5) is 0 Å².